The molecule has 0 saturated carbocycles. The molecule has 1 atom stereocenters. The summed E-state index contributed by atoms with van der Waals surface area (Å²) < 4.78 is 0. The normalized spacial score (nSPS) is 12.1. The maximum Gasteiger partial charge on any atom is 0.319 e. The number of urea groups is 1. The Balaban J connectivity index is 2.14. The third-order valence-corrected chi connectivity index (χ3v) is 4.39. The lowest BCUT2D eigenvalue weighted by Crippen LogP contribution is -2.40. The summed E-state index contributed by atoms with van der Waals surface area (Å²) in [5.74, 6) is 0.574. The molecule has 0 radical (unpaired) electrons. The van der Waals surface area contributed by atoms with Gasteiger partial charge >= 0.3 is 6.03 Å². The Morgan fingerprint density at radius 3 is 2.00 bits per heavy atom. The van der Waals surface area contributed by atoms with Gasteiger partial charge in [-0.25, -0.2) is 4.79 Å². The molecule has 0 unspecified atom stereocenters. The molecule has 2 rings (SSSR count). The summed E-state index contributed by atoms with van der Waals surface area (Å²) in [6, 6.07) is 14.8. The largest absolute Gasteiger partial charge is 0.328 e. The fraction of sp³-hybridized carbons (Fsp3) is 0.364. The van der Waals surface area contributed by atoms with Gasteiger partial charge in [0.15, 0.2) is 0 Å². The van der Waals surface area contributed by atoms with E-state index in [1.807, 2.05) is 48.5 Å². The lowest BCUT2D eigenvalue weighted by molar-refractivity contribution is -0.109. The van der Waals surface area contributed by atoms with Gasteiger partial charge in [0, 0.05) is 5.69 Å². The van der Waals surface area contributed by atoms with Gasteiger partial charge in [-0.05, 0) is 34.9 Å². The third kappa shape index (κ3) is 5.19. The van der Waals surface area contributed by atoms with E-state index in [-0.39, 0.29) is 17.9 Å². The zero-order valence-corrected chi connectivity index (χ0v) is 16.0. The van der Waals surface area contributed by atoms with E-state index in [4.69, 9.17) is 0 Å². The molecule has 0 aliphatic rings. The molecule has 0 bridgehead atoms. The van der Waals surface area contributed by atoms with Crippen LogP contribution in [0.15, 0.2) is 48.5 Å². The minimum absolute atomic E-state index is 0.287. The van der Waals surface area contributed by atoms with E-state index in [1.54, 1.807) is 0 Å². The van der Waals surface area contributed by atoms with Crippen LogP contribution >= 0.6 is 0 Å². The predicted molar refractivity (Wildman–Crippen MR) is 107 cm³/mol. The Morgan fingerprint density at radius 1 is 0.923 bits per heavy atom. The SMILES string of the molecule is CC(C)c1cccc(C(C)C)c1NC(=O)N[C@H](C=O)Cc1ccccc1. The van der Waals surface area contributed by atoms with Crippen molar-refractivity contribution in [1.82, 2.24) is 5.32 Å². The number of anilines is 1. The topological polar surface area (TPSA) is 58.2 Å². The van der Waals surface area contributed by atoms with Gasteiger partial charge in [0.05, 0.1) is 6.04 Å². The number of carbonyl (C=O) groups excluding carboxylic acids is 2. The molecule has 0 fully saturated rings. The summed E-state index contributed by atoms with van der Waals surface area (Å²) >= 11 is 0. The summed E-state index contributed by atoms with van der Waals surface area (Å²) in [6.07, 6.45) is 1.25. The van der Waals surface area contributed by atoms with Crippen LogP contribution in [0.25, 0.3) is 0 Å². The minimum Gasteiger partial charge on any atom is -0.328 e. The van der Waals surface area contributed by atoms with Gasteiger partial charge in [-0.15, -0.1) is 0 Å². The molecule has 2 aromatic carbocycles. The van der Waals surface area contributed by atoms with Crippen LogP contribution in [0.2, 0.25) is 0 Å². The quantitative estimate of drug-likeness (QED) is 0.699. The average molecular weight is 352 g/mol. The molecular weight excluding hydrogens is 324 g/mol. The standard InChI is InChI=1S/C22H28N2O2/c1-15(2)19-11-8-12-20(16(3)4)21(19)24-22(26)23-18(14-25)13-17-9-6-5-7-10-17/h5-12,14-16,18H,13H2,1-4H3,(H2,23,24,26)/t18-/m0/s1. The number of hydrogen-bond acceptors (Lipinski definition) is 2. The first-order valence-electron chi connectivity index (χ1n) is 9.12. The molecular formula is C22H28N2O2. The lowest BCUT2D eigenvalue weighted by atomic mass is 9.93. The highest BCUT2D eigenvalue weighted by Gasteiger charge is 2.18. The van der Waals surface area contributed by atoms with Gasteiger partial charge < -0.3 is 15.4 Å². The van der Waals surface area contributed by atoms with Crippen molar-refractivity contribution in [3.05, 3.63) is 65.2 Å². The number of nitrogens with one attached hydrogen (secondary N) is 2. The van der Waals surface area contributed by atoms with Crippen molar-refractivity contribution >= 4 is 18.0 Å². The van der Waals surface area contributed by atoms with E-state index in [1.165, 1.54) is 0 Å². The van der Waals surface area contributed by atoms with Crippen molar-refractivity contribution in [2.75, 3.05) is 5.32 Å². The summed E-state index contributed by atoms with van der Waals surface area (Å²) in [7, 11) is 0. The first-order chi connectivity index (χ1) is 12.4. The fourth-order valence-electron chi connectivity index (χ4n) is 3.01. The lowest BCUT2D eigenvalue weighted by Gasteiger charge is -2.21. The highest BCUT2D eigenvalue weighted by molar-refractivity contribution is 5.92. The van der Waals surface area contributed by atoms with Gasteiger partial charge in [0.25, 0.3) is 0 Å². The second kappa shape index (κ2) is 9.18. The summed E-state index contributed by atoms with van der Waals surface area (Å²) in [4.78, 5) is 23.9. The van der Waals surface area contributed by atoms with Gasteiger partial charge in [-0.3, -0.25) is 0 Å². The smallest absolute Gasteiger partial charge is 0.319 e. The van der Waals surface area contributed by atoms with Crippen LogP contribution in [0.1, 0.15) is 56.2 Å². The average Bonchev–Trinajstić information content (AvgIpc) is 2.61. The van der Waals surface area contributed by atoms with Crippen LogP contribution in [-0.4, -0.2) is 18.4 Å². The van der Waals surface area contributed by atoms with Crippen molar-refractivity contribution in [2.45, 2.75) is 52.0 Å². The Labute approximate surface area is 156 Å². The first-order valence-corrected chi connectivity index (χ1v) is 9.12. The zero-order valence-electron chi connectivity index (χ0n) is 16.0. The predicted octanol–water partition coefficient (Wildman–Crippen LogP) is 4.87. The van der Waals surface area contributed by atoms with Crippen LogP contribution < -0.4 is 10.6 Å². The van der Waals surface area contributed by atoms with Crippen molar-refractivity contribution in [3.63, 3.8) is 0 Å². The molecule has 138 valence electrons. The van der Waals surface area contributed by atoms with Gasteiger partial charge in [-0.2, -0.15) is 0 Å². The van der Waals surface area contributed by atoms with E-state index in [2.05, 4.69) is 38.3 Å². The molecule has 26 heavy (non-hydrogen) atoms. The second-order valence-electron chi connectivity index (χ2n) is 7.15. The number of carbonyl (C=O) groups is 2. The maximum absolute atomic E-state index is 12.5. The number of para-hydroxylation sites is 1. The molecule has 0 spiro atoms. The summed E-state index contributed by atoms with van der Waals surface area (Å²) in [5, 5.41) is 5.76. The Bertz CT molecular complexity index is 713. The van der Waals surface area contributed by atoms with Crippen LogP contribution in [0.4, 0.5) is 10.5 Å². The van der Waals surface area contributed by atoms with Gasteiger partial charge in [0.2, 0.25) is 0 Å². The molecule has 2 aromatic rings. The summed E-state index contributed by atoms with van der Waals surface area (Å²) in [5.41, 5.74) is 4.05. The Kier molecular flexibility index (Phi) is 6.96. The van der Waals surface area contributed by atoms with Crippen LogP contribution in [0, 0.1) is 0 Å². The number of aldehydes is 1. The first kappa shape index (κ1) is 19.7. The van der Waals surface area contributed by atoms with E-state index in [9.17, 15) is 9.59 Å². The van der Waals surface area contributed by atoms with Crippen molar-refractivity contribution in [2.24, 2.45) is 0 Å². The molecule has 4 heteroatoms. The summed E-state index contributed by atoms with van der Waals surface area (Å²) in [6.45, 7) is 8.41. The number of amides is 2. The van der Waals surface area contributed by atoms with Crippen LogP contribution in [0.3, 0.4) is 0 Å². The third-order valence-electron chi connectivity index (χ3n) is 4.39. The Morgan fingerprint density at radius 2 is 1.50 bits per heavy atom. The van der Waals surface area contributed by atoms with Crippen molar-refractivity contribution in [1.29, 1.82) is 0 Å². The monoisotopic (exact) mass is 352 g/mol. The van der Waals surface area contributed by atoms with Gasteiger partial charge in [-0.1, -0.05) is 76.2 Å². The second-order valence-corrected chi connectivity index (χ2v) is 7.15. The van der Waals surface area contributed by atoms with Crippen LogP contribution in [0.5, 0.6) is 0 Å². The van der Waals surface area contributed by atoms with Crippen LogP contribution in [-0.2, 0) is 11.2 Å². The van der Waals surface area contributed by atoms with Crippen molar-refractivity contribution in [3.8, 4) is 0 Å². The zero-order chi connectivity index (χ0) is 19.1. The van der Waals surface area contributed by atoms with E-state index < -0.39 is 6.04 Å². The van der Waals surface area contributed by atoms with E-state index >= 15 is 0 Å². The molecule has 0 heterocycles. The molecule has 4 nitrogen and oxygen atoms in total. The fourth-order valence-corrected chi connectivity index (χ4v) is 3.01. The minimum atomic E-state index is -0.564. The number of hydrogen-bond donors (Lipinski definition) is 2. The van der Waals surface area contributed by atoms with Crippen molar-refractivity contribution < 1.29 is 9.59 Å². The maximum atomic E-state index is 12.5. The molecule has 0 aliphatic carbocycles. The molecule has 2 amide bonds. The van der Waals surface area contributed by atoms with E-state index in [0.717, 1.165) is 28.7 Å². The number of rotatable bonds is 7. The highest BCUT2D eigenvalue weighted by atomic mass is 16.2. The van der Waals surface area contributed by atoms with Gasteiger partial charge in [0.1, 0.15) is 6.29 Å². The molecule has 0 aliphatic heterocycles. The Hall–Kier alpha value is -2.62. The molecule has 0 saturated heterocycles. The van der Waals surface area contributed by atoms with E-state index in [0.29, 0.717) is 6.42 Å². The highest BCUT2D eigenvalue weighted by Crippen LogP contribution is 2.32. The number of benzene rings is 2. The molecule has 2 N–H and O–H groups in total. The molecule has 0 aromatic heterocycles.